The molecule has 1 aromatic heterocycles. The maximum Gasteiger partial charge on any atom is 0.126 e. The minimum absolute atomic E-state index is 0.195. The summed E-state index contributed by atoms with van der Waals surface area (Å²) in [4.78, 5) is 0. The lowest BCUT2D eigenvalue weighted by atomic mass is 9.91. The van der Waals surface area contributed by atoms with E-state index in [0.29, 0.717) is 0 Å². The molecule has 1 nitrogen and oxygen atoms in total. The van der Waals surface area contributed by atoms with Gasteiger partial charge >= 0.3 is 0 Å². The second kappa shape index (κ2) is 6.49. The van der Waals surface area contributed by atoms with E-state index in [1.807, 2.05) is 19.1 Å². The molecule has 2 heteroatoms. The number of halogens is 1. The smallest absolute Gasteiger partial charge is 0.126 e. The average molecular weight is 291 g/mol. The third-order valence-electron chi connectivity index (χ3n) is 3.85. The largest absolute Gasteiger partial charge is 0.464 e. The van der Waals surface area contributed by atoms with Gasteiger partial charge in [-0.1, -0.05) is 32.9 Å². The number of alkyl halides is 1. The predicted octanol–water partition coefficient (Wildman–Crippen LogP) is 5.60. The van der Waals surface area contributed by atoms with Gasteiger partial charge in [0.2, 0.25) is 0 Å². The zero-order chi connectivity index (χ0) is 14.7. The van der Waals surface area contributed by atoms with Gasteiger partial charge in [-0.25, -0.2) is 0 Å². The lowest BCUT2D eigenvalue weighted by Gasteiger charge is -2.18. The third-order valence-corrected chi connectivity index (χ3v) is 4.28. The monoisotopic (exact) mass is 290 g/mol. The van der Waals surface area contributed by atoms with E-state index in [0.717, 1.165) is 30.8 Å². The van der Waals surface area contributed by atoms with E-state index in [2.05, 4.69) is 32.9 Å². The molecule has 0 radical (unpaired) electrons. The summed E-state index contributed by atoms with van der Waals surface area (Å²) in [6.45, 7) is 8.53. The molecule has 0 aliphatic rings. The topological polar surface area (TPSA) is 13.1 Å². The zero-order valence-electron chi connectivity index (χ0n) is 12.8. The predicted molar refractivity (Wildman–Crippen MR) is 85.7 cm³/mol. The minimum Gasteiger partial charge on any atom is -0.464 e. The lowest BCUT2D eigenvalue weighted by molar-refractivity contribution is 0.488. The van der Waals surface area contributed by atoms with Crippen molar-refractivity contribution in [3.8, 4) is 0 Å². The van der Waals surface area contributed by atoms with Crippen LogP contribution in [0.2, 0.25) is 0 Å². The summed E-state index contributed by atoms with van der Waals surface area (Å²) < 4.78 is 5.72. The van der Waals surface area contributed by atoms with Crippen molar-refractivity contribution in [1.29, 1.82) is 0 Å². The van der Waals surface area contributed by atoms with Gasteiger partial charge in [-0.3, -0.25) is 0 Å². The van der Waals surface area contributed by atoms with Gasteiger partial charge in [0, 0.05) is 0 Å². The summed E-state index contributed by atoms with van der Waals surface area (Å²) in [5, 5.41) is -0.195. The molecule has 0 fully saturated rings. The van der Waals surface area contributed by atoms with Crippen LogP contribution in [0.5, 0.6) is 0 Å². The molecule has 2 aromatic rings. The molecule has 0 amide bonds. The first-order valence-corrected chi connectivity index (χ1v) is 7.89. The highest BCUT2D eigenvalue weighted by molar-refractivity contribution is 6.22. The summed E-state index contributed by atoms with van der Waals surface area (Å²) in [5.41, 5.74) is 5.32. The normalized spacial score (nSPS) is 12.7. The molecule has 0 saturated heterocycles. The molecule has 1 aromatic carbocycles. The van der Waals surface area contributed by atoms with E-state index < -0.39 is 0 Å². The van der Waals surface area contributed by atoms with E-state index in [1.165, 1.54) is 22.3 Å². The molecule has 0 aliphatic heterocycles. The van der Waals surface area contributed by atoms with Crippen LogP contribution in [0.4, 0.5) is 0 Å². The number of aryl methyl sites for hydroxylation is 4. The first-order chi connectivity index (χ1) is 9.60. The molecule has 0 aliphatic carbocycles. The molecular weight excluding hydrogens is 268 g/mol. The second-order valence-electron chi connectivity index (χ2n) is 5.20. The molecule has 108 valence electrons. The van der Waals surface area contributed by atoms with Crippen molar-refractivity contribution in [1.82, 2.24) is 0 Å². The Labute approximate surface area is 127 Å². The van der Waals surface area contributed by atoms with Crippen molar-refractivity contribution in [3.05, 3.63) is 58.0 Å². The fourth-order valence-corrected chi connectivity index (χ4v) is 3.10. The molecular formula is C18H23ClO. The van der Waals surface area contributed by atoms with Crippen molar-refractivity contribution < 1.29 is 4.42 Å². The first-order valence-electron chi connectivity index (χ1n) is 7.45. The Morgan fingerprint density at radius 1 is 1.00 bits per heavy atom. The van der Waals surface area contributed by atoms with Gasteiger partial charge in [0.1, 0.15) is 16.9 Å². The van der Waals surface area contributed by atoms with E-state index in [4.69, 9.17) is 16.0 Å². The van der Waals surface area contributed by atoms with Crippen LogP contribution in [0.25, 0.3) is 0 Å². The van der Waals surface area contributed by atoms with Crippen LogP contribution >= 0.6 is 11.6 Å². The number of benzene rings is 1. The summed E-state index contributed by atoms with van der Waals surface area (Å²) in [5.74, 6) is 1.75. The van der Waals surface area contributed by atoms with Gasteiger partial charge in [0.15, 0.2) is 0 Å². The van der Waals surface area contributed by atoms with Gasteiger partial charge in [-0.2, -0.15) is 0 Å². The van der Waals surface area contributed by atoms with Gasteiger partial charge in [0.05, 0.1) is 0 Å². The maximum atomic E-state index is 6.71. The van der Waals surface area contributed by atoms with E-state index >= 15 is 0 Å². The Morgan fingerprint density at radius 2 is 1.60 bits per heavy atom. The van der Waals surface area contributed by atoms with Gasteiger partial charge < -0.3 is 4.42 Å². The Morgan fingerprint density at radius 3 is 2.00 bits per heavy atom. The number of hydrogen-bond donors (Lipinski definition) is 0. The Kier molecular flexibility index (Phi) is 4.93. The molecule has 0 bridgehead atoms. The fraction of sp³-hybridized carbons (Fsp3) is 0.444. The van der Waals surface area contributed by atoms with Crippen molar-refractivity contribution in [2.24, 2.45) is 0 Å². The highest BCUT2D eigenvalue weighted by Gasteiger charge is 2.21. The van der Waals surface area contributed by atoms with E-state index in [1.54, 1.807) is 0 Å². The molecule has 0 saturated carbocycles. The number of furan rings is 1. The average Bonchev–Trinajstić information content (AvgIpc) is 2.91. The summed E-state index contributed by atoms with van der Waals surface area (Å²) in [6.07, 6.45) is 3.06. The molecule has 0 N–H and O–H groups in total. The number of hydrogen-bond acceptors (Lipinski definition) is 1. The first kappa shape index (κ1) is 15.2. The van der Waals surface area contributed by atoms with Crippen molar-refractivity contribution >= 4 is 11.6 Å². The highest BCUT2D eigenvalue weighted by atomic mass is 35.5. The van der Waals surface area contributed by atoms with Gasteiger partial charge in [0.25, 0.3) is 0 Å². The van der Waals surface area contributed by atoms with E-state index in [-0.39, 0.29) is 5.38 Å². The summed E-state index contributed by atoms with van der Waals surface area (Å²) in [7, 11) is 0. The van der Waals surface area contributed by atoms with Crippen LogP contribution in [0.15, 0.2) is 28.7 Å². The van der Waals surface area contributed by atoms with E-state index in [9.17, 15) is 0 Å². The van der Waals surface area contributed by atoms with Crippen LogP contribution < -0.4 is 0 Å². The maximum absolute atomic E-state index is 6.71. The third kappa shape index (κ3) is 2.93. The van der Waals surface area contributed by atoms with Crippen molar-refractivity contribution in [2.45, 2.75) is 52.3 Å². The van der Waals surface area contributed by atoms with Gasteiger partial charge in [-0.15, -0.1) is 11.6 Å². The highest BCUT2D eigenvalue weighted by Crippen LogP contribution is 2.36. The standard InChI is InChI=1S/C18H23ClO/c1-5-13-10-14(6-2)17(15(7-3)11-13)18(19)16-9-8-12(4)20-16/h8-11,18H,5-7H2,1-4H3. The quantitative estimate of drug-likeness (QED) is 0.653. The Hall–Kier alpha value is -1.21. The fourth-order valence-electron chi connectivity index (χ4n) is 2.70. The summed E-state index contributed by atoms with van der Waals surface area (Å²) in [6, 6.07) is 8.54. The van der Waals surface area contributed by atoms with Crippen LogP contribution in [0.3, 0.4) is 0 Å². The van der Waals surface area contributed by atoms with Crippen molar-refractivity contribution in [2.75, 3.05) is 0 Å². The van der Waals surface area contributed by atoms with Crippen LogP contribution in [-0.2, 0) is 19.3 Å². The van der Waals surface area contributed by atoms with Crippen molar-refractivity contribution in [3.63, 3.8) is 0 Å². The zero-order valence-corrected chi connectivity index (χ0v) is 13.6. The molecule has 1 unspecified atom stereocenters. The molecule has 2 rings (SSSR count). The summed E-state index contributed by atoms with van der Waals surface area (Å²) >= 11 is 6.71. The molecule has 20 heavy (non-hydrogen) atoms. The minimum atomic E-state index is -0.195. The Bertz CT molecular complexity index is 558. The second-order valence-corrected chi connectivity index (χ2v) is 5.64. The number of rotatable bonds is 5. The van der Waals surface area contributed by atoms with Crippen LogP contribution in [-0.4, -0.2) is 0 Å². The van der Waals surface area contributed by atoms with Crippen LogP contribution in [0, 0.1) is 6.92 Å². The molecule has 1 atom stereocenters. The lowest BCUT2D eigenvalue weighted by Crippen LogP contribution is -2.04. The van der Waals surface area contributed by atoms with Crippen LogP contribution in [0.1, 0.15) is 59.9 Å². The molecule has 1 heterocycles. The SMILES string of the molecule is CCc1cc(CC)c(C(Cl)c2ccc(C)o2)c(CC)c1. The Balaban J connectivity index is 2.53. The van der Waals surface area contributed by atoms with Gasteiger partial charge in [-0.05, 0) is 60.6 Å². The molecule has 0 spiro atoms.